The van der Waals surface area contributed by atoms with Crippen LogP contribution in [0.5, 0.6) is 0 Å². The molecule has 3 rings (SSSR count). The van der Waals surface area contributed by atoms with E-state index in [0.29, 0.717) is 16.8 Å². The van der Waals surface area contributed by atoms with E-state index in [9.17, 15) is 13.2 Å². The van der Waals surface area contributed by atoms with Gasteiger partial charge in [0.25, 0.3) is 15.6 Å². The molecule has 0 spiro atoms. The molecule has 3 aromatic rings. The molecule has 0 saturated heterocycles. The molecule has 1 aromatic heterocycles. The number of nitrogens with one attached hydrogen (secondary N) is 2. The molecular weight excluding hydrogens is 300 g/mol. The van der Waals surface area contributed by atoms with Gasteiger partial charge in [-0.2, -0.15) is 0 Å². The first kappa shape index (κ1) is 14.3. The molecule has 0 bridgehead atoms. The molecule has 2 aromatic carbocycles. The van der Waals surface area contributed by atoms with Gasteiger partial charge in [0.05, 0.1) is 4.90 Å². The fourth-order valence-electron chi connectivity index (χ4n) is 2.19. The average Bonchev–Trinajstić information content (AvgIpc) is 2.49. The lowest BCUT2D eigenvalue weighted by Crippen LogP contribution is -2.13. The van der Waals surface area contributed by atoms with Gasteiger partial charge in [-0.1, -0.05) is 18.2 Å². The summed E-state index contributed by atoms with van der Waals surface area (Å²) >= 11 is 0. The Labute approximate surface area is 127 Å². The Hall–Kier alpha value is -2.60. The number of H-pyrrole nitrogens is 1. The zero-order valence-electron chi connectivity index (χ0n) is 11.8. The minimum absolute atomic E-state index is 0.148. The van der Waals surface area contributed by atoms with E-state index in [2.05, 4.69) is 9.71 Å². The van der Waals surface area contributed by atoms with E-state index in [4.69, 9.17) is 0 Å². The van der Waals surface area contributed by atoms with Crippen molar-refractivity contribution in [2.45, 2.75) is 11.8 Å². The molecule has 1 heterocycles. The summed E-state index contributed by atoms with van der Waals surface area (Å²) in [5.41, 5.74) is 1.54. The van der Waals surface area contributed by atoms with Crippen LogP contribution in [0.25, 0.3) is 10.9 Å². The van der Waals surface area contributed by atoms with E-state index >= 15 is 0 Å². The van der Waals surface area contributed by atoms with Crippen LogP contribution in [0.4, 0.5) is 5.69 Å². The number of hydrogen-bond acceptors (Lipinski definition) is 3. The summed E-state index contributed by atoms with van der Waals surface area (Å²) in [6.45, 7) is 1.71. The standard InChI is InChI=1S/C16H14N2O3S/c1-11-9-12-10-13(7-8-15(12)17-16(11)19)18-22(20,21)14-5-3-2-4-6-14/h2-10,18H,1H3,(H,17,19). The third-order valence-electron chi connectivity index (χ3n) is 3.34. The van der Waals surface area contributed by atoms with Gasteiger partial charge in [0.1, 0.15) is 0 Å². The van der Waals surface area contributed by atoms with Crippen LogP contribution in [0.15, 0.2) is 64.3 Å². The van der Waals surface area contributed by atoms with Gasteiger partial charge < -0.3 is 4.98 Å². The molecule has 22 heavy (non-hydrogen) atoms. The van der Waals surface area contributed by atoms with Crippen LogP contribution in [-0.4, -0.2) is 13.4 Å². The summed E-state index contributed by atoms with van der Waals surface area (Å²) in [5, 5.41) is 0.769. The molecule has 112 valence electrons. The minimum atomic E-state index is -3.62. The molecular formula is C16H14N2O3S. The maximum Gasteiger partial charge on any atom is 0.261 e. The van der Waals surface area contributed by atoms with E-state index in [0.717, 1.165) is 5.39 Å². The average molecular weight is 314 g/mol. The van der Waals surface area contributed by atoms with Gasteiger partial charge in [-0.05, 0) is 43.3 Å². The summed E-state index contributed by atoms with van der Waals surface area (Å²) < 4.78 is 27.1. The summed E-state index contributed by atoms with van der Waals surface area (Å²) in [4.78, 5) is 14.5. The lowest BCUT2D eigenvalue weighted by molar-refractivity contribution is 0.601. The van der Waals surface area contributed by atoms with Crippen LogP contribution in [0.1, 0.15) is 5.56 Å². The Bertz CT molecular complexity index is 993. The van der Waals surface area contributed by atoms with Crippen molar-refractivity contribution in [3.8, 4) is 0 Å². The van der Waals surface area contributed by atoms with E-state index in [1.807, 2.05) is 0 Å². The molecule has 0 atom stereocenters. The summed E-state index contributed by atoms with van der Waals surface area (Å²) in [5.74, 6) is 0. The first-order valence-electron chi connectivity index (χ1n) is 6.67. The number of fused-ring (bicyclic) bond motifs is 1. The van der Waals surface area contributed by atoms with Gasteiger partial charge in [-0.15, -0.1) is 0 Å². The first-order chi connectivity index (χ1) is 10.5. The number of aromatic nitrogens is 1. The number of pyridine rings is 1. The van der Waals surface area contributed by atoms with Gasteiger partial charge in [0.15, 0.2) is 0 Å². The van der Waals surface area contributed by atoms with E-state index < -0.39 is 10.0 Å². The Morgan fingerprint density at radius 3 is 2.45 bits per heavy atom. The molecule has 5 nitrogen and oxygen atoms in total. The van der Waals surface area contributed by atoms with E-state index in [1.54, 1.807) is 49.4 Å². The SMILES string of the molecule is Cc1cc2cc(NS(=O)(=O)c3ccccc3)ccc2[nH]c1=O. The number of sulfonamides is 1. The van der Waals surface area contributed by atoms with Gasteiger partial charge in [-0.25, -0.2) is 8.42 Å². The number of aromatic amines is 1. The number of benzene rings is 2. The Morgan fingerprint density at radius 2 is 1.73 bits per heavy atom. The molecule has 0 aliphatic heterocycles. The predicted octanol–water partition coefficient (Wildman–Crippen LogP) is 2.64. The predicted molar refractivity (Wildman–Crippen MR) is 86.6 cm³/mol. The second-order valence-electron chi connectivity index (χ2n) is 5.00. The lowest BCUT2D eigenvalue weighted by Gasteiger charge is -2.09. The zero-order chi connectivity index (χ0) is 15.7. The van der Waals surface area contributed by atoms with Crippen molar-refractivity contribution >= 4 is 26.6 Å². The minimum Gasteiger partial charge on any atom is -0.322 e. The molecule has 0 aliphatic carbocycles. The second-order valence-corrected chi connectivity index (χ2v) is 6.68. The largest absolute Gasteiger partial charge is 0.322 e. The van der Waals surface area contributed by atoms with Crippen molar-refractivity contribution < 1.29 is 8.42 Å². The van der Waals surface area contributed by atoms with Crippen LogP contribution in [0.2, 0.25) is 0 Å². The van der Waals surface area contributed by atoms with Gasteiger partial charge >= 0.3 is 0 Å². The third-order valence-corrected chi connectivity index (χ3v) is 4.73. The summed E-state index contributed by atoms with van der Waals surface area (Å²) in [6.07, 6.45) is 0. The highest BCUT2D eigenvalue weighted by Crippen LogP contribution is 2.20. The highest BCUT2D eigenvalue weighted by atomic mass is 32.2. The van der Waals surface area contributed by atoms with Crippen LogP contribution >= 0.6 is 0 Å². The van der Waals surface area contributed by atoms with Crippen molar-refractivity contribution in [3.63, 3.8) is 0 Å². The Kier molecular flexibility index (Phi) is 3.46. The fourth-order valence-corrected chi connectivity index (χ4v) is 3.26. The fraction of sp³-hybridized carbons (Fsp3) is 0.0625. The highest BCUT2D eigenvalue weighted by molar-refractivity contribution is 7.92. The first-order valence-corrected chi connectivity index (χ1v) is 8.15. The quantitative estimate of drug-likeness (QED) is 0.780. The van der Waals surface area contributed by atoms with Crippen LogP contribution in [0, 0.1) is 6.92 Å². The molecule has 0 aliphatic rings. The van der Waals surface area contributed by atoms with Gasteiger partial charge in [0, 0.05) is 22.2 Å². The molecule has 2 N–H and O–H groups in total. The molecule has 6 heteroatoms. The summed E-state index contributed by atoms with van der Waals surface area (Å²) in [6, 6.07) is 14.9. The topological polar surface area (TPSA) is 79.0 Å². The molecule has 0 saturated carbocycles. The van der Waals surface area contributed by atoms with Crippen molar-refractivity contribution in [3.05, 3.63) is 70.5 Å². The summed E-state index contributed by atoms with van der Waals surface area (Å²) in [7, 11) is -3.62. The van der Waals surface area contributed by atoms with Gasteiger partial charge in [-0.3, -0.25) is 9.52 Å². The van der Waals surface area contributed by atoms with E-state index in [-0.39, 0.29) is 10.5 Å². The highest BCUT2D eigenvalue weighted by Gasteiger charge is 2.13. The van der Waals surface area contributed by atoms with Crippen LogP contribution in [-0.2, 0) is 10.0 Å². The zero-order valence-corrected chi connectivity index (χ0v) is 12.6. The smallest absolute Gasteiger partial charge is 0.261 e. The molecule has 0 fully saturated rings. The van der Waals surface area contributed by atoms with Crippen molar-refractivity contribution in [2.75, 3.05) is 4.72 Å². The van der Waals surface area contributed by atoms with Crippen molar-refractivity contribution in [2.24, 2.45) is 0 Å². The Balaban J connectivity index is 2.01. The van der Waals surface area contributed by atoms with Crippen molar-refractivity contribution in [1.82, 2.24) is 4.98 Å². The monoisotopic (exact) mass is 314 g/mol. The number of anilines is 1. The number of hydrogen-bond donors (Lipinski definition) is 2. The maximum atomic E-state index is 12.3. The number of aryl methyl sites for hydroxylation is 1. The lowest BCUT2D eigenvalue weighted by atomic mass is 10.1. The van der Waals surface area contributed by atoms with Gasteiger partial charge in [0.2, 0.25) is 0 Å². The molecule has 0 amide bonds. The number of rotatable bonds is 3. The Morgan fingerprint density at radius 1 is 1.00 bits per heavy atom. The molecule has 0 unspecified atom stereocenters. The van der Waals surface area contributed by atoms with Crippen LogP contribution < -0.4 is 10.3 Å². The second kappa shape index (κ2) is 5.31. The normalized spacial score (nSPS) is 11.5. The van der Waals surface area contributed by atoms with Crippen molar-refractivity contribution in [1.29, 1.82) is 0 Å². The maximum absolute atomic E-state index is 12.3. The van der Waals surface area contributed by atoms with E-state index in [1.165, 1.54) is 12.1 Å². The third kappa shape index (κ3) is 2.73. The molecule has 0 radical (unpaired) electrons. The van der Waals surface area contributed by atoms with Crippen LogP contribution in [0.3, 0.4) is 0 Å².